The van der Waals surface area contributed by atoms with E-state index in [1.165, 1.54) is 6.07 Å². The van der Waals surface area contributed by atoms with Crippen molar-refractivity contribution in [2.45, 2.75) is 52.1 Å². The SMILES string of the molecule is C[C@@H](NC(=O)c1cncc(N2CCN(CC3COC3)CC2)c1)c1ccc(-c2cc(C(F)(F)F)ccc2CNC(=O)OC(C)(C)C)cc1. The quantitative estimate of drug-likeness (QED) is 0.290. The third kappa shape index (κ3) is 9.23. The molecule has 0 aliphatic carbocycles. The highest BCUT2D eigenvalue weighted by molar-refractivity contribution is 5.95. The van der Waals surface area contributed by atoms with E-state index in [-0.39, 0.29) is 18.5 Å². The van der Waals surface area contributed by atoms with Crippen molar-refractivity contribution in [1.29, 1.82) is 0 Å². The summed E-state index contributed by atoms with van der Waals surface area (Å²) in [7, 11) is 0. The number of rotatable bonds is 9. The molecule has 0 bridgehead atoms. The molecule has 2 amide bonds. The Morgan fingerprint density at radius 3 is 2.32 bits per heavy atom. The maximum Gasteiger partial charge on any atom is 0.416 e. The maximum absolute atomic E-state index is 13.6. The molecule has 9 nitrogen and oxygen atoms in total. The summed E-state index contributed by atoms with van der Waals surface area (Å²) in [5, 5.41) is 5.63. The molecule has 2 aromatic carbocycles. The minimum Gasteiger partial charge on any atom is -0.444 e. The molecule has 252 valence electrons. The largest absolute Gasteiger partial charge is 0.444 e. The summed E-state index contributed by atoms with van der Waals surface area (Å²) in [4.78, 5) is 34.4. The van der Waals surface area contributed by atoms with Gasteiger partial charge in [-0.2, -0.15) is 13.2 Å². The number of hydrogen-bond acceptors (Lipinski definition) is 7. The molecule has 0 saturated carbocycles. The van der Waals surface area contributed by atoms with Crippen LogP contribution in [0.2, 0.25) is 0 Å². The number of piperazine rings is 1. The second-order valence-electron chi connectivity index (χ2n) is 13.2. The summed E-state index contributed by atoms with van der Waals surface area (Å²) in [6, 6.07) is 11.9. The lowest BCUT2D eigenvalue weighted by Crippen LogP contribution is -2.50. The van der Waals surface area contributed by atoms with Crippen molar-refractivity contribution in [2.24, 2.45) is 5.92 Å². The van der Waals surface area contributed by atoms with Gasteiger partial charge < -0.3 is 25.0 Å². The third-order valence-corrected chi connectivity index (χ3v) is 8.28. The molecule has 12 heteroatoms. The molecule has 1 atom stereocenters. The summed E-state index contributed by atoms with van der Waals surface area (Å²) in [5.74, 6) is 0.354. The molecule has 2 N–H and O–H groups in total. The average Bonchev–Trinajstić information content (AvgIpc) is 3.01. The predicted octanol–water partition coefficient (Wildman–Crippen LogP) is 6.05. The van der Waals surface area contributed by atoms with Gasteiger partial charge in [0.15, 0.2) is 0 Å². The first-order chi connectivity index (χ1) is 22.2. The van der Waals surface area contributed by atoms with E-state index in [0.29, 0.717) is 28.2 Å². The van der Waals surface area contributed by atoms with Gasteiger partial charge in [0.1, 0.15) is 5.60 Å². The van der Waals surface area contributed by atoms with Crippen molar-refractivity contribution in [1.82, 2.24) is 20.5 Å². The molecule has 2 aliphatic rings. The first-order valence-corrected chi connectivity index (χ1v) is 15.8. The summed E-state index contributed by atoms with van der Waals surface area (Å²) < 4.78 is 51.4. The number of alkyl carbamates (subject to hydrolysis) is 1. The first kappa shape index (κ1) is 34.2. The minimum absolute atomic E-state index is 0.0186. The highest BCUT2D eigenvalue weighted by Gasteiger charge is 2.31. The van der Waals surface area contributed by atoms with E-state index in [2.05, 4.69) is 25.4 Å². The van der Waals surface area contributed by atoms with Gasteiger partial charge in [-0.3, -0.25) is 14.7 Å². The Morgan fingerprint density at radius 2 is 1.70 bits per heavy atom. The van der Waals surface area contributed by atoms with Crippen LogP contribution in [0.1, 0.15) is 60.8 Å². The lowest BCUT2D eigenvalue weighted by atomic mass is 9.95. The fourth-order valence-electron chi connectivity index (χ4n) is 5.64. The van der Waals surface area contributed by atoms with E-state index < -0.39 is 23.4 Å². The van der Waals surface area contributed by atoms with E-state index in [1.807, 2.05) is 13.0 Å². The van der Waals surface area contributed by atoms with Gasteiger partial charge in [0.05, 0.1) is 42.3 Å². The predicted molar refractivity (Wildman–Crippen MR) is 173 cm³/mol. The van der Waals surface area contributed by atoms with Gasteiger partial charge in [0, 0.05) is 51.4 Å². The molecular formula is C35H42F3N5O4. The van der Waals surface area contributed by atoms with Crippen LogP contribution in [0.15, 0.2) is 60.9 Å². The number of hydrogen-bond donors (Lipinski definition) is 2. The molecule has 2 aliphatic heterocycles. The number of benzene rings is 2. The number of alkyl halides is 3. The minimum atomic E-state index is -4.53. The van der Waals surface area contributed by atoms with Crippen molar-refractivity contribution in [3.8, 4) is 11.1 Å². The number of pyridine rings is 1. The van der Waals surface area contributed by atoms with Gasteiger partial charge in [0.2, 0.25) is 0 Å². The Hall–Kier alpha value is -4.16. The van der Waals surface area contributed by atoms with Crippen LogP contribution in [0.3, 0.4) is 0 Å². The van der Waals surface area contributed by atoms with Crippen LogP contribution in [0.4, 0.5) is 23.7 Å². The molecule has 0 spiro atoms. The standard InChI is InChI=1S/C35H42F3N5O4/c1-23(41-32(44)28-15-30(19-39-17-28)43-13-11-42(12-14-43)20-24-21-46-22-24)25-5-7-26(8-6-25)31-16-29(35(36,37)38)10-9-27(31)18-40-33(45)47-34(2,3)4/h5-10,15-17,19,23-24H,11-14,18,20-22H2,1-4H3,(H,40,45)(H,41,44)/t23-/m1/s1. The van der Waals surface area contributed by atoms with Gasteiger partial charge in [-0.05, 0) is 68.1 Å². The second-order valence-corrected chi connectivity index (χ2v) is 13.2. The Balaban J connectivity index is 1.23. The second kappa shape index (κ2) is 14.3. The molecule has 1 aromatic heterocycles. The van der Waals surface area contributed by atoms with Crippen molar-refractivity contribution < 1.29 is 32.2 Å². The molecule has 2 fully saturated rings. The topological polar surface area (TPSA) is 96.0 Å². The Morgan fingerprint density at radius 1 is 1.00 bits per heavy atom. The van der Waals surface area contributed by atoms with Crippen molar-refractivity contribution in [2.75, 3.05) is 50.8 Å². The zero-order chi connectivity index (χ0) is 33.8. The lowest BCUT2D eigenvalue weighted by molar-refractivity contribution is -0.137. The first-order valence-electron chi connectivity index (χ1n) is 15.8. The van der Waals surface area contributed by atoms with Crippen molar-refractivity contribution >= 4 is 17.7 Å². The van der Waals surface area contributed by atoms with Gasteiger partial charge in [-0.1, -0.05) is 30.3 Å². The van der Waals surface area contributed by atoms with Gasteiger partial charge in [-0.15, -0.1) is 0 Å². The van der Waals surface area contributed by atoms with E-state index in [9.17, 15) is 22.8 Å². The zero-order valence-corrected chi connectivity index (χ0v) is 27.2. The summed E-state index contributed by atoms with van der Waals surface area (Å²) in [6.07, 6.45) is -1.88. The smallest absolute Gasteiger partial charge is 0.416 e. The van der Waals surface area contributed by atoms with Gasteiger partial charge in [-0.25, -0.2) is 4.79 Å². The highest BCUT2D eigenvalue weighted by atomic mass is 19.4. The highest BCUT2D eigenvalue weighted by Crippen LogP contribution is 2.34. The summed E-state index contributed by atoms with van der Waals surface area (Å²) in [5.41, 5.74) is 2.00. The maximum atomic E-state index is 13.6. The number of nitrogens with zero attached hydrogens (tertiary/aromatic N) is 3. The number of ether oxygens (including phenoxy) is 2. The van der Waals surface area contributed by atoms with E-state index in [4.69, 9.17) is 9.47 Å². The van der Waals surface area contributed by atoms with Crippen LogP contribution >= 0.6 is 0 Å². The molecule has 3 heterocycles. The number of nitrogens with one attached hydrogen (secondary N) is 2. The zero-order valence-electron chi connectivity index (χ0n) is 27.2. The van der Waals surface area contributed by atoms with E-state index in [0.717, 1.165) is 69.3 Å². The summed E-state index contributed by atoms with van der Waals surface area (Å²) in [6.45, 7) is 13.4. The molecule has 2 saturated heterocycles. The van der Waals surface area contributed by atoms with E-state index >= 15 is 0 Å². The molecule has 47 heavy (non-hydrogen) atoms. The van der Waals surface area contributed by atoms with Crippen molar-refractivity contribution in [3.05, 3.63) is 83.2 Å². The van der Waals surface area contributed by atoms with Crippen LogP contribution in [0.5, 0.6) is 0 Å². The number of anilines is 1. The number of amides is 2. The van der Waals surface area contributed by atoms with E-state index in [1.54, 1.807) is 57.4 Å². The van der Waals surface area contributed by atoms with Crippen LogP contribution in [-0.4, -0.2) is 73.4 Å². The molecule has 5 rings (SSSR count). The Kier molecular flexibility index (Phi) is 10.4. The number of carbonyl (C=O) groups excluding carboxylic acids is 2. The van der Waals surface area contributed by atoms with Gasteiger partial charge in [0.25, 0.3) is 5.91 Å². The fourth-order valence-corrected chi connectivity index (χ4v) is 5.64. The molecular weight excluding hydrogens is 611 g/mol. The molecule has 3 aromatic rings. The summed E-state index contributed by atoms with van der Waals surface area (Å²) >= 11 is 0. The molecule has 0 unspecified atom stereocenters. The monoisotopic (exact) mass is 653 g/mol. The normalized spacial score (nSPS) is 16.7. The number of aromatic nitrogens is 1. The number of halogens is 3. The fraction of sp³-hybridized carbons (Fsp3) is 0.457. The average molecular weight is 654 g/mol. The lowest BCUT2D eigenvalue weighted by Gasteiger charge is -2.39. The molecule has 0 radical (unpaired) electrons. The number of carbonyl (C=O) groups is 2. The van der Waals surface area contributed by atoms with Crippen molar-refractivity contribution in [3.63, 3.8) is 0 Å². The third-order valence-electron chi connectivity index (χ3n) is 8.28. The van der Waals surface area contributed by atoms with Crippen LogP contribution in [0.25, 0.3) is 11.1 Å². The van der Waals surface area contributed by atoms with Crippen LogP contribution in [0, 0.1) is 5.92 Å². The Labute approximate surface area is 273 Å². The Bertz CT molecular complexity index is 1550. The van der Waals surface area contributed by atoms with Crippen LogP contribution in [-0.2, 0) is 22.2 Å². The van der Waals surface area contributed by atoms with Gasteiger partial charge >= 0.3 is 12.3 Å². The van der Waals surface area contributed by atoms with Crippen LogP contribution < -0.4 is 15.5 Å².